The molecule has 0 bridgehead atoms. The third kappa shape index (κ3) is 4.20. The van der Waals surface area contributed by atoms with Crippen LogP contribution < -0.4 is 16.2 Å². The number of aliphatic imine (C=N–C) groups is 1. The maximum Gasteiger partial charge on any atom is 0.262 e. The van der Waals surface area contributed by atoms with Crippen LogP contribution in [0.4, 0.5) is 5.82 Å². The van der Waals surface area contributed by atoms with Crippen molar-refractivity contribution in [2.24, 2.45) is 4.99 Å². The molecular weight excluding hydrogens is 326 g/mol. The first-order chi connectivity index (χ1) is 12.4. The molecule has 0 saturated heterocycles. The van der Waals surface area contributed by atoms with Crippen LogP contribution in [0.3, 0.4) is 0 Å². The fraction of sp³-hybridized carbons (Fsp3) is 0.350. The Labute approximate surface area is 154 Å². The molecule has 138 valence electrons. The Kier molecular flexibility index (Phi) is 6.33. The highest BCUT2D eigenvalue weighted by molar-refractivity contribution is 5.94. The quantitative estimate of drug-likeness (QED) is 0.474. The van der Waals surface area contributed by atoms with Crippen molar-refractivity contribution in [3.63, 3.8) is 0 Å². The number of pyridine rings is 2. The van der Waals surface area contributed by atoms with E-state index in [1.54, 1.807) is 17.7 Å². The van der Waals surface area contributed by atoms with E-state index in [9.17, 15) is 4.79 Å². The summed E-state index contributed by atoms with van der Waals surface area (Å²) >= 11 is 0. The predicted molar refractivity (Wildman–Crippen MR) is 111 cm³/mol. The van der Waals surface area contributed by atoms with Gasteiger partial charge >= 0.3 is 0 Å². The summed E-state index contributed by atoms with van der Waals surface area (Å²) in [5, 5.41) is 7.87. The van der Waals surface area contributed by atoms with E-state index >= 15 is 0 Å². The van der Waals surface area contributed by atoms with Crippen molar-refractivity contribution in [3.8, 4) is 0 Å². The van der Waals surface area contributed by atoms with Gasteiger partial charge in [0.1, 0.15) is 5.82 Å². The van der Waals surface area contributed by atoms with Crippen LogP contribution in [0.25, 0.3) is 16.3 Å². The first-order valence-corrected chi connectivity index (χ1v) is 8.74. The lowest BCUT2D eigenvalue weighted by Gasteiger charge is -2.15. The largest absolute Gasteiger partial charge is 0.367 e. The van der Waals surface area contributed by atoms with E-state index in [0.717, 1.165) is 22.5 Å². The van der Waals surface area contributed by atoms with Crippen molar-refractivity contribution < 1.29 is 0 Å². The van der Waals surface area contributed by atoms with Crippen molar-refractivity contribution >= 4 is 28.0 Å². The molecule has 0 amide bonds. The second-order valence-electron chi connectivity index (χ2n) is 6.28. The molecule has 0 fully saturated rings. The Balaban J connectivity index is 2.69. The predicted octanol–water partition coefficient (Wildman–Crippen LogP) is 3.40. The van der Waals surface area contributed by atoms with Gasteiger partial charge in [-0.25, -0.2) is 4.98 Å². The number of anilines is 1. The lowest BCUT2D eigenvalue weighted by molar-refractivity contribution is 0.734. The summed E-state index contributed by atoms with van der Waals surface area (Å²) in [6.07, 6.45) is 5.36. The summed E-state index contributed by atoms with van der Waals surface area (Å²) in [5.41, 5.74) is 1.52. The number of hydrogen-bond donors (Lipinski definition) is 2. The number of aromatic nitrogens is 2. The minimum absolute atomic E-state index is 0.0385. The number of rotatable bonds is 6. The molecule has 2 rings (SSSR count). The van der Waals surface area contributed by atoms with Crippen LogP contribution in [0.2, 0.25) is 0 Å². The van der Waals surface area contributed by atoms with Crippen LogP contribution >= 0.6 is 0 Å². The Hall–Kier alpha value is -2.89. The molecule has 2 aromatic heterocycles. The molecule has 2 N–H and O–H groups in total. The molecule has 6 heteroatoms. The Morgan fingerprint density at radius 3 is 2.77 bits per heavy atom. The highest BCUT2D eigenvalue weighted by atomic mass is 16.1. The van der Waals surface area contributed by atoms with Gasteiger partial charge in [-0.2, -0.15) is 0 Å². The molecule has 0 saturated carbocycles. The molecule has 0 aliphatic carbocycles. The van der Waals surface area contributed by atoms with Crippen molar-refractivity contribution in [1.29, 1.82) is 0 Å². The maximum atomic E-state index is 12.8. The number of amidine groups is 1. The van der Waals surface area contributed by atoms with Gasteiger partial charge in [0.25, 0.3) is 5.56 Å². The molecule has 0 unspecified atom stereocenters. The van der Waals surface area contributed by atoms with Crippen molar-refractivity contribution in [2.45, 2.75) is 40.3 Å². The number of nitrogens with zero attached hydrogens (tertiary/aromatic N) is 3. The smallest absolute Gasteiger partial charge is 0.262 e. The summed E-state index contributed by atoms with van der Waals surface area (Å²) < 4.78 is 1.68. The van der Waals surface area contributed by atoms with E-state index in [-0.39, 0.29) is 11.6 Å². The SMILES string of the molecule is C=C/C(=C\NC(C)=NC)c1cc2ccn(CC)c(=O)c2c(NC(C)C)n1. The molecule has 0 aromatic carbocycles. The Morgan fingerprint density at radius 1 is 1.46 bits per heavy atom. The van der Waals surface area contributed by atoms with E-state index in [1.165, 1.54) is 0 Å². The van der Waals surface area contributed by atoms with Gasteiger partial charge in [0.2, 0.25) is 0 Å². The zero-order chi connectivity index (χ0) is 19.3. The van der Waals surface area contributed by atoms with Gasteiger partial charge in [-0.1, -0.05) is 12.7 Å². The molecule has 2 heterocycles. The van der Waals surface area contributed by atoms with Crippen LogP contribution in [-0.2, 0) is 6.54 Å². The van der Waals surface area contributed by atoms with Crippen LogP contribution in [0.5, 0.6) is 0 Å². The summed E-state index contributed by atoms with van der Waals surface area (Å²) in [6.45, 7) is 12.4. The Morgan fingerprint density at radius 2 is 2.19 bits per heavy atom. The summed E-state index contributed by atoms with van der Waals surface area (Å²) in [4.78, 5) is 21.6. The molecular formula is C20H27N5O. The van der Waals surface area contributed by atoms with Crippen LogP contribution in [-0.4, -0.2) is 28.5 Å². The van der Waals surface area contributed by atoms with Crippen LogP contribution in [0.15, 0.2) is 47.0 Å². The van der Waals surface area contributed by atoms with Gasteiger partial charge in [-0.15, -0.1) is 0 Å². The Bertz CT molecular complexity index is 922. The molecule has 0 spiro atoms. The van der Waals surface area contributed by atoms with E-state index < -0.39 is 0 Å². The van der Waals surface area contributed by atoms with Crippen molar-refractivity contribution in [1.82, 2.24) is 14.9 Å². The number of allylic oxidation sites excluding steroid dienone is 2. The topological polar surface area (TPSA) is 71.3 Å². The van der Waals surface area contributed by atoms with Crippen molar-refractivity contribution in [2.75, 3.05) is 12.4 Å². The number of hydrogen-bond acceptors (Lipinski definition) is 4. The summed E-state index contributed by atoms with van der Waals surface area (Å²) in [6, 6.07) is 4.01. The highest BCUT2D eigenvalue weighted by Crippen LogP contribution is 2.24. The normalized spacial score (nSPS) is 12.5. The van der Waals surface area contributed by atoms with E-state index in [1.807, 2.05) is 52.2 Å². The third-order valence-electron chi connectivity index (χ3n) is 4.01. The third-order valence-corrected chi connectivity index (χ3v) is 4.01. The fourth-order valence-corrected chi connectivity index (χ4v) is 2.56. The first-order valence-electron chi connectivity index (χ1n) is 8.74. The molecule has 0 radical (unpaired) electrons. The second kappa shape index (κ2) is 8.47. The zero-order valence-corrected chi connectivity index (χ0v) is 16.1. The maximum absolute atomic E-state index is 12.8. The molecule has 2 aromatic rings. The minimum Gasteiger partial charge on any atom is -0.367 e. The van der Waals surface area contributed by atoms with Gasteiger partial charge < -0.3 is 15.2 Å². The molecule has 0 aliphatic heterocycles. The first kappa shape index (κ1) is 19.4. The number of nitrogens with one attached hydrogen (secondary N) is 2. The van der Waals surface area contributed by atoms with Crippen LogP contribution in [0, 0.1) is 0 Å². The second-order valence-corrected chi connectivity index (χ2v) is 6.28. The van der Waals surface area contributed by atoms with Gasteiger partial charge in [-0.3, -0.25) is 9.79 Å². The number of aryl methyl sites for hydroxylation is 1. The van der Waals surface area contributed by atoms with Gasteiger partial charge in [0.15, 0.2) is 0 Å². The van der Waals surface area contributed by atoms with Gasteiger partial charge in [0, 0.05) is 37.6 Å². The van der Waals surface area contributed by atoms with Crippen LogP contribution in [0.1, 0.15) is 33.4 Å². The molecule has 26 heavy (non-hydrogen) atoms. The standard InChI is InChI=1S/C20H27N5O/c1-7-15(12-22-14(5)21-6)17-11-16-9-10-25(8-2)20(26)18(16)19(24-17)23-13(3)4/h7,9-13H,1,8H2,2-6H3,(H,21,22)(H,23,24)/b15-12+. The minimum atomic E-state index is -0.0385. The monoisotopic (exact) mass is 353 g/mol. The molecule has 0 atom stereocenters. The molecule has 6 nitrogen and oxygen atoms in total. The molecule has 0 aliphatic rings. The lowest BCUT2D eigenvalue weighted by atomic mass is 10.1. The van der Waals surface area contributed by atoms with Gasteiger partial charge in [0.05, 0.1) is 16.9 Å². The zero-order valence-electron chi connectivity index (χ0n) is 16.1. The average molecular weight is 353 g/mol. The number of fused-ring (bicyclic) bond motifs is 1. The van der Waals surface area contributed by atoms with E-state index in [2.05, 4.69) is 22.2 Å². The lowest BCUT2D eigenvalue weighted by Crippen LogP contribution is -2.22. The van der Waals surface area contributed by atoms with E-state index in [0.29, 0.717) is 17.7 Å². The summed E-state index contributed by atoms with van der Waals surface area (Å²) in [5.74, 6) is 1.38. The highest BCUT2D eigenvalue weighted by Gasteiger charge is 2.13. The fourth-order valence-electron chi connectivity index (χ4n) is 2.56. The summed E-state index contributed by atoms with van der Waals surface area (Å²) in [7, 11) is 1.72. The van der Waals surface area contributed by atoms with E-state index in [4.69, 9.17) is 4.98 Å². The van der Waals surface area contributed by atoms with Crippen molar-refractivity contribution in [3.05, 3.63) is 53.2 Å². The van der Waals surface area contributed by atoms with Gasteiger partial charge in [-0.05, 0) is 45.2 Å². The average Bonchev–Trinajstić information content (AvgIpc) is 2.61.